The minimum atomic E-state index is -0.931. The minimum Gasteiger partial charge on any atom is -0.456 e. The molecule has 0 radical (unpaired) electrons. The van der Waals surface area contributed by atoms with Gasteiger partial charge in [0.2, 0.25) is 6.41 Å². The molecule has 220 valence electrons. The van der Waals surface area contributed by atoms with Crippen LogP contribution in [0.2, 0.25) is 0 Å². The predicted molar refractivity (Wildman–Crippen MR) is 152 cm³/mol. The Kier molecular flexibility index (Phi) is 9.12. The Hall–Kier alpha value is -4.31. The smallest absolute Gasteiger partial charge is 0.355 e. The number of ether oxygens (including phenoxy) is 1. The number of nitro benzene ring substituents is 1. The summed E-state index contributed by atoms with van der Waals surface area (Å²) >= 11 is 2.48. The predicted octanol–water partition coefficient (Wildman–Crippen LogP) is 2.70. The van der Waals surface area contributed by atoms with Crippen LogP contribution in [0.3, 0.4) is 0 Å². The summed E-state index contributed by atoms with van der Waals surface area (Å²) in [6.45, 7) is -0.135. The van der Waals surface area contributed by atoms with Crippen LogP contribution in [0.25, 0.3) is 0 Å². The van der Waals surface area contributed by atoms with E-state index >= 15 is 0 Å². The number of nitro groups is 1. The van der Waals surface area contributed by atoms with Gasteiger partial charge in [0.25, 0.3) is 17.5 Å². The molecule has 0 spiro atoms. The summed E-state index contributed by atoms with van der Waals surface area (Å²) in [6.07, 6.45) is 6.68. The number of fused-ring (bicyclic) bond motifs is 1. The number of esters is 1. The molecule has 42 heavy (non-hydrogen) atoms. The third-order valence-electron chi connectivity index (χ3n) is 6.85. The first-order valence-corrected chi connectivity index (χ1v) is 15.0. The zero-order valence-corrected chi connectivity index (χ0v) is 23.7. The molecule has 1 aliphatic carbocycles. The summed E-state index contributed by atoms with van der Waals surface area (Å²) in [5, 5.41) is 21.4. The zero-order valence-electron chi connectivity index (χ0n) is 22.1. The van der Waals surface area contributed by atoms with E-state index in [2.05, 4.69) is 20.8 Å². The van der Waals surface area contributed by atoms with Crippen LogP contribution in [-0.4, -0.2) is 68.0 Å². The van der Waals surface area contributed by atoms with Gasteiger partial charge in [-0.1, -0.05) is 11.6 Å². The van der Waals surface area contributed by atoms with Crippen molar-refractivity contribution in [1.82, 2.24) is 15.2 Å². The number of nitrogens with zero attached hydrogens (tertiary/aromatic N) is 4. The fraction of sp³-hybridized carbons (Fsp3) is 0.385. The van der Waals surface area contributed by atoms with Crippen molar-refractivity contribution < 1.29 is 33.7 Å². The van der Waals surface area contributed by atoms with Crippen LogP contribution in [0.15, 0.2) is 46.6 Å². The van der Waals surface area contributed by atoms with Crippen LogP contribution < -0.4 is 10.6 Å². The highest BCUT2D eigenvalue weighted by Crippen LogP contribution is 2.38. The highest BCUT2D eigenvalue weighted by atomic mass is 32.2. The highest BCUT2D eigenvalue weighted by molar-refractivity contribution is 8.00. The van der Waals surface area contributed by atoms with E-state index < -0.39 is 34.1 Å². The number of oxime groups is 1. The maximum atomic E-state index is 13.4. The lowest BCUT2D eigenvalue weighted by Gasteiger charge is -2.48. The van der Waals surface area contributed by atoms with Crippen molar-refractivity contribution in [1.29, 1.82) is 0 Å². The molecular formula is C26H26N6O8S2. The van der Waals surface area contributed by atoms with E-state index in [1.165, 1.54) is 40.9 Å². The first-order valence-electron chi connectivity index (χ1n) is 13.1. The molecule has 3 amide bonds. The third-order valence-corrected chi connectivity index (χ3v) is 8.81. The second-order valence-corrected chi connectivity index (χ2v) is 11.6. The van der Waals surface area contributed by atoms with Crippen LogP contribution in [0.5, 0.6) is 0 Å². The molecule has 3 aliphatic rings. The van der Waals surface area contributed by atoms with Gasteiger partial charge in [-0.05, 0) is 49.5 Å². The lowest BCUT2D eigenvalue weighted by molar-refractivity contribution is -0.384. The number of benzene rings is 1. The van der Waals surface area contributed by atoms with Crippen molar-refractivity contribution >= 4 is 63.8 Å². The molecule has 1 aromatic carbocycles. The molecule has 2 N–H and O–H groups in total. The first kappa shape index (κ1) is 29.2. The maximum absolute atomic E-state index is 13.4. The number of β-lactam (4-membered cyclic amide) rings is 1. The van der Waals surface area contributed by atoms with Gasteiger partial charge in [0.05, 0.1) is 4.92 Å². The van der Waals surface area contributed by atoms with Gasteiger partial charge in [-0.2, -0.15) is 0 Å². The van der Waals surface area contributed by atoms with E-state index in [0.29, 0.717) is 17.7 Å². The molecule has 1 aromatic heterocycles. The Morgan fingerprint density at radius 2 is 1.98 bits per heavy atom. The number of aromatic nitrogens is 1. The molecule has 0 bridgehead atoms. The second kappa shape index (κ2) is 13.1. The second-order valence-electron chi connectivity index (χ2n) is 9.58. The van der Waals surface area contributed by atoms with E-state index in [1.807, 2.05) is 0 Å². The monoisotopic (exact) mass is 614 g/mol. The number of hydrogen-bond donors (Lipinski definition) is 2. The molecule has 2 aliphatic heterocycles. The largest absolute Gasteiger partial charge is 0.456 e. The Morgan fingerprint density at radius 1 is 1.21 bits per heavy atom. The Morgan fingerprint density at radius 3 is 2.69 bits per heavy atom. The standard InChI is InChI=1S/C26H26N6O8S2/c33-14-27-26-28-18(13-42-26)20(30-40-17-4-2-1-3-5-17)22(34)29-21-23(35)31-19(10-11-41-24(21)31)25(36)39-12-15-6-8-16(9-7-15)32(37)38/h6-10,13-14,17,21,24H,1-5,11-12H2,(H,29,34)(H,27,28,33)/b30-20+/t21?,24-/m1/s1. The van der Waals surface area contributed by atoms with Gasteiger partial charge < -0.3 is 20.2 Å². The zero-order chi connectivity index (χ0) is 29.6. The number of rotatable bonds is 11. The van der Waals surface area contributed by atoms with Gasteiger partial charge in [-0.25, -0.2) is 9.78 Å². The molecule has 1 saturated carbocycles. The van der Waals surface area contributed by atoms with Crippen molar-refractivity contribution in [2.75, 3.05) is 11.1 Å². The van der Waals surface area contributed by atoms with Crippen molar-refractivity contribution in [3.63, 3.8) is 0 Å². The average molecular weight is 615 g/mol. The van der Waals surface area contributed by atoms with Gasteiger partial charge in [0, 0.05) is 23.3 Å². The summed E-state index contributed by atoms with van der Waals surface area (Å²) in [4.78, 5) is 71.7. The number of hydrogen-bond acceptors (Lipinski definition) is 12. The van der Waals surface area contributed by atoms with Crippen molar-refractivity contribution in [2.45, 2.75) is 56.2 Å². The summed E-state index contributed by atoms with van der Waals surface area (Å²) in [5.41, 5.74) is 0.594. The van der Waals surface area contributed by atoms with Gasteiger partial charge >= 0.3 is 5.97 Å². The third kappa shape index (κ3) is 6.44. The molecule has 16 heteroatoms. The van der Waals surface area contributed by atoms with Gasteiger partial charge in [-0.15, -0.1) is 23.1 Å². The summed E-state index contributed by atoms with van der Waals surface area (Å²) in [5.74, 6) is -1.49. The Bertz CT molecular complexity index is 1440. The van der Waals surface area contributed by atoms with Gasteiger partial charge in [0.1, 0.15) is 35.5 Å². The van der Waals surface area contributed by atoms with E-state index in [9.17, 15) is 29.3 Å². The number of thiazole rings is 1. The number of nitrogens with one attached hydrogen (secondary N) is 2. The lowest BCUT2D eigenvalue weighted by atomic mass is 9.98. The molecule has 5 rings (SSSR count). The molecule has 1 saturated heterocycles. The topological polar surface area (TPSA) is 182 Å². The molecule has 2 aromatic rings. The van der Waals surface area contributed by atoms with E-state index in [-0.39, 0.29) is 40.6 Å². The summed E-state index contributed by atoms with van der Waals surface area (Å²) < 4.78 is 5.35. The highest BCUT2D eigenvalue weighted by Gasteiger charge is 2.53. The molecule has 2 atom stereocenters. The number of thioether (sulfide) groups is 1. The molecule has 1 unspecified atom stereocenters. The fourth-order valence-electron chi connectivity index (χ4n) is 4.68. The first-order chi connectivity index (χ1) is 20.4. The number of carbonyl (C=O) groups is 4. The van der Waals surface area contributed by atoms with E-state index in [1.54, 1.807) is 11.5 Å². The van der Waals surface area contributed by atoms with Crippen molar-refractivity contribution in [3.05, 3.63) is 62.8 Å². The van der Waals surface area contributed by atoms with E-state index in [0.717, 1.165) is 43.4 Å². The normalized spacial score (nSPS) is 20.5. The Labute approximate surface area is 247 Å². The average Bonchev–Trinajstić information content (AvgIpc) is 3.47. The molecule has 3 heterocycles. The van der Waals surface area contributed by atoms with Crippen LogP contribution in [-0.2, 0) is 35.4 Å². The fourth-order valence-corrected chi connectivity index (χ4v) is 6.53. The lowest BCUT2D eigenvalue weighted by Crippen LogP contribution is -2.70. The van der Waals surface area contributed by atoms with E-state index in [4.69, 9.17) is 9.57 Å². The van der Waals surface area contributed by atoms with Crippen molar-refractivity contribution in [3.8, 4) is 0 Å². The SMILES string of the molecule is O=CNc1nc(/C(=N\OC2CCCCC2)C(=O)NC2C(=O)N3C(C(=O)OCc4ccc([N+](=O)[O-])cc4)=CCS[C@H]23)cs1. The van der Waals surface area contributed by atoms with Crippen LogP contribution in [0, 0.1) is 10.1 Å². The van der Waals surface area contributed by atoms with Gasteiger partial charge in [0.15, 0.2) is 10.8 Å². The maximum Gasteiger partial charge on any atom is 0.355 e. The number of non-ortho nitro benzene ring substituents is 1. The molecular weight excluding hydrogens is 588 g/mol. The summed E-state index contributed by atoms with van der Waals surface area (Å²) in [6, 6.07) is 4.66. The number of anilines is 1. The Balaban J connectivity index is 1.23. The number of carbonyl (C=O) groups excluding carboxylic acids is 4. The molecule has 14 nitrogen and oxygen atoms in total. The van der Waals surface area contributed by atoms with Gasteiger partial charge in [-0.3, -0.25) is 29.4 Å². The number of amides is 3. The van der Waals surface area contributed by atoms with Crippen LogP contribution in [0.4, 0.5) is 10.8 Å². The quantitative estimate of drug-likeness (QED) is 0.0953. The molecule has 2 fully saturated rings. The van der Waals surface area contributed by atoms with Crippen LogP contribution in [0.1, 0.15) is 43.4 Å². The summed E-state index contributed by atoms with van der Waals surface area (Å²) in [7, 11) is 0. The van der Waals surface area contributed by atoms with Crippen molar-refractivity contribution in [2.24, 2.45) is 5.16 Å². The van der Waals surface area contributed by atoms with Crippen LogP contribution >= 0.6 is 23.1 Å². The minimum absolute atomic E-state index is 0.0646.